The molecular weight excluding hydrogens is 269 g/mol. The normalized spacial score (nSPS) is 19.8. The van der Waals surface area contributed by atoms with Crippen molar-refractivity contribution in [2.24, 2.45) is 10.9 Å². The van der Waals surface area contributed by atoms with Gasteiger partial charge in [-0.2, -0.15) is 0 Å². The average Bonchev–Trinajstić information content (AvgIpc) is 2.97. The summed E-state index contributed by atoms with van der Waals surface area (Å²) in [7, 11) is 0. The van der Waals surface area contributed by atoms with E-state index in [1.807, 2.05) is 0 Å². The van der Waals surface area contributed by atoms with E-state index in [1.54, 1.807) is 17.0 Å². The summed E-state index contributed by atoms with van der Waals surface area (Å²) in [4.78, 5) is 20.8. The van der Waals surface area contributed by atoms with E-state index in [2.05, 4.69) is 16.8 Å². The predicted molar refractivity (Wildman–Crippen MR) is 79.7 cm³/mol. The maximum Gasteiger partial charge on any atom is 0.263 e. The first kappa shape index (κ1) is 14.0. The largest absolute Gasteiger partial charge is 0.342 e. The third-order valence-corrected chi connectivity index (χ3v) is 4.23. The molecule has 0 radical (unpaired) electrons. The summed E-state index contributed by atoms with van der Waals surface area (Å²) in [5.74, 6) is 0.679. The van der Waals surface area contributed by atoms with Gasteiger partial charge in [0, 0.05) is 19.6 Å². The highest BCUT2D eigenvalue weighted by Crippen LogP contribution is 2.20. The lowest BCUT2D eigenvalue weighted by molar-refractivity contribution is 0.0835. The highest BCUT2D eigenvalue weighted by Gasteiger charge is 2.31. The van der Waals surface area contributed by atoms with Gasteiger partial charge in [-0.1, -0.05) is 19.1 Å². The Labute approximate surface area is 124 Å². The van der Waals surface area contributed by atoms with Crippen molar-refractivity contribution in [3.63, 3.8) is 0 Å². The van der Waals surface area contributed by atoms with Crippen molar-refractivity contribution in [1.29, 1.82) is 0 Å². The fourth-order valence-corrected chi connectivity index (χ4v) is 2.89. The molecular formula is C16H20FN3O. The van der Waals surface area contributed by atoms with Crippen molar-refractivity contribution >= 4 is 11.9 Å². The zero-order chi connectivity index (χ0) is 14.8. The van der Waals surface area contributed by atoms with Crippen LogP contribution >= 0.6 is 0 Å². The second kappa shape index (κ2) is 5.84. The molecule has 5 heteroatoms. The molecule has 1 fully saturated rings. The van der Waals surface area contributed by atoms with Crippen LogP contribution in [0.2, 0.25) is 0 Å². The van der Waals surface area contributed by atoms with Crippen molar-refractivity contribution in [2.45, 2.75) is 19.8 Å². The Balaban J connectivity index is 1.78. The number of piperidine rings is 1. The molecule has 112 valence electrons. The van der Waals surface area contributed by atoms with Crippen LogP contribution in [0, 0.1) is 11.7 Å². The molecule has 0 unspecified atom stereocenters. The number of aliphatic imine (C=N–C) groups is 1. The quantitative estimate of drug-likeness (QED) is 0.795. The van der Waals surface area contributed by atoms with Crippen LogP contribution in [0.4, 0.5) is 4.39 Å². The van der Waals surface area contributed by atoms with Crippen LogP contribution in [-0.2, 0) is 0 Å². The summed E-state index contributed by atoms with van der Waals surface area (Å²) < 4.78 is 13.8. The van der Waals surface area contributed by atoms with Gasteiger partial charge in [0.25, 0.3) is 5.91 Å². The highest BCUT2D eigenvalue weighted by molar-refractivity contribution is 6.06. The van der Waals surface area contributed by atoms with Crippen LogP contribution in [0.25, 0.3) is 0 Å². The summed E-state index contributed by atoms with van der Waals surface area (Å²) in [6.45, 7) is 5.22. The van der Waals surface area contributed by atoms with Gasteiger partial charge in [0.2, 0.25) is 5.96 Å². The number of rotatable bonds is 1. The number of hydrogen-bond donors (Lipinski definition) is 0. The van der Waals surface area contributed by atoms with Crippen molar-refractivity contribution in [2.75, 3.05) is 26.2 Å². The molecule has 3 rings (SSSR count). The van der Waals surface area contributed by atoms with E-state index >= 15 is 0 Å². The molecule has 0 aromatic heterocycles. The molecule has 1 aromatic carbocycles. The number of carbonyl (C=O) groups is 1. The first-order valence-electron chi connectivity index (χ1n) is 7.52. The lowest BCUT2D eigenvalue weighted by atomic mass is 9.99. The van der Waals surface area contributed by atoms with Gasteiger partial charge >= 0.3 is 0 Å². The van der Waals surface area contributed by atoms with E-state index in [0.29, 0.717) is 13.1 Å². The third-order valence-electron chi connectivity index (χ3n) is 4.23. The molecule has 1 aromatic rings. The number of halogens is 1. The topological polar surface area (TPSA) is 35.9 Å². The number of carbonyl (C=O) groups excluding carboxylic acids is 1. The first-order chi connectivity index (χ1) is 10.2. The van der Waals surface area contributed by atoms with Crippen LogP contribution in [-0.4, -0.2) is 47.8 Å². The van der Waals surface area contributed by atoms with E-state index in [1.165, 1.54) is 12.1 Å². The Morgan fingerprint density at radius 1 is 1.24 bits per heavy atom. The summed E-state index contributed by atoms with van der Waals surface area (Å²) >= 11 is 0. The van der Waals surface area contributed by atoms with Crippen LogP contribution in [0.5, 0.6) is 0 Å². The molecule has 0 atom stereocenters. The molecule has 0 aliphatic carbocycles. The van der Waals surface area contributed by atoms with Gasteiger partial charge < -0.3 is 4.90 Å². The SMILES string of the molecule is CC1CCN(C2=NCCN2C(=O)c2ccccc2F)CC1. The fraction of sp³-hybridized carbons (Fsp3) is 0.500. The van der Waals surface area contributed by atoms with Gasteiger partial charge in [-0.05, 0) is 30.9 Å². The number of likely N-dealkylation sites (tertiary alicyclic amines) is 1. The van der Waals surface area contributed by atoms with Crippen molar-refractivity contribution in [3.05, 3.63) is 35.6 Å². The number of benzene rings is 1. The number of guanidine groups is 1. The molecule has 1 saturated heterocycles. The number of nitrogens with zero attached hydrogens (tertiary/aromatic N) is 3. The number of hydrogen-bond acceptors (Lipinski definition) is 3. The van der Waals surface area contributed by atoms with Gasteiger partial charge in [0.1, 0.15) is 5.82 Å². The van der Waals surface area contributed by atoms with Crippen LogP contribution in [0.3, 0.4) is 0 Å². The fourth-order valence-electron chi connectivity index (χ4n) is 2.89. The lowest BCUT2D eigenvalue weighted by Gasteiger charge is -2.34. The van der Waals surface area contributed by atoms with E-state index in [9.17, 15) is 9.18 Å². The summed E-state index contributed by atoms with van der Waals surface area (Å²) in [6, 6.07) is 6.14. The third kappa shape index (κ3) is 2.77. The summed E-state index contributed by atoms with van der Waals surface area (Å²) in [6.07, 6.45) is 2.22. The molecule has 2 aliphatic heterocycles. The molecule has 0 saturated carbocycles. The van der Waals surface area contributed by atoms with Crippen molar-refractivity contribution in [1.82, 2.24) is 9.80 Å². The Kier molecular flexibility index (Phi) is 3.90. The molecule has 2 aliphatic rings. The van der Waals surface area contributed by atoms with E-state index in [-0.39, 0.29) is 11.5 Å². The van der Waals surface area contributed by atoms with Gasteiger partial charge in [0.05, 0.1) is 12.1 Å². The van der Waals surface area contributed by atoms with Crippen LogP contribution in [0.1, 0.15) is 30.1 Å². The monoisotopic (exact) mass is 289 g/mol. The molecule has 0 bridgehead atoms. The Hall–Kier alpha value is -1.91. The minimum atomic E-state index is -0.471. The standard InChI is InChI=1S/C16H20FN3O/c1-12-6-9-19(10-7-12)16-18-8-11-20(16)15(21)13-4-2-3-5-14(13)17/h2-5,12H,6-11H2,1H3. The highest BCUT2D eigenvalue weighted by atomic mass is 19.1. The Bertz CT molecular complexity index is 564. The summed E-state index contributed by atoms with van der Waals surface area (Å²) in [5.41, 5.74) is 0.123. The second-order valence-electron chi connectivity index (χ2n) is 5.79. The predicted octanol–water partition coefficient (Wildman–Crippen LogP) is 2.37. The minimum absolute atomic E-state index is 0.123. The molecule has 4 nitrogen and oxygen atoms in total. The maximum atomic E-state index is 13.8. The van der Waals surface area contributed by atoms with Crippen molar-refractivity contribution in [3.8, 4) is 0 Å². The van der Waals surface area contributed by atoms with Gasteiger partial charge in [-0.15, -0.1) is 0 Å². The first-order valence-corrected chi connectivity index (χ1v) is 7.52. The smallest absolute Gasteiger partial charge is 0.263 e. The molecule has 0 N–H and O–H groups in total. The Morgan fingerprint density at radius 2 is 1.95 bits per heavy atom. The second-order valence-corrected chi connectivity index (χ2v) is 5.79. The lowest BCUT2D eigenvalue weighted by Crippen LogP contribution is -2.48. The maximum absolute atomic E-state index is 13.8. The van der Waals surface area contributed by atoms with E-state index < -0.39 is 5.82 Å². The van der Waals surface area contributed by atoms with Crippen molar-refractivity contribution < 1.29 is 9.18 Å². The molecule has 2 heterocycles. The van der Waals surface area contributed by atoms with Gasteiger partial charge in [0.15, 0.2) is 0 Å². The molecule has 1 amide bonds. The number of amides is 1. The zero-order valence-corrected chi connectivity index (χ0v) is 12.3. The average molecular weight is 289 g/mol. The molecule has 21 heavy (non-hydrogen) atoms. The van der Waals surface area contributed by atoms with Gasteiger partial charge in [-0.25, -0.2) is 4.39 Å². The van der Waals surface area contributed by atoms with Crippen LogP contribution in [0.15, 0.2) is 29.3 Å². The minimum Gasteiger partial charge on any atom is -0.342 e. The van der Waals surface area contributed by atoms with Gasteiger partial charge in [-0.3, -0.25) is 14.7 Å². The van der Waals surface area contributed by atoms with Crippen LogP contribution < -0.4 is 0 Å². The zero-order valence-electron chi connectivity index (χ0n) is 12.3. The van der Waals surface area contributed by atoms with E-state index in [4.69, 9.17) is 0 Å². The Morgan fingerprint density at radius 3 is 2.67 bits per heavy atom. The summed E-state index contributed by atoms with van der Waals surface area (Å²) in [5, 5.41) is 0. The molecule has 0 spiro atoms. The van der Waals surface area contributed by atoms with E-state index in [0.717, 1.165) is 37.8 Å².